The monoisotopic (exact) mass is 545 g/mol. The molecule has 1 saturated heterocycles. The van der Waals surface area contributed by atoms with Crippen LogP contribution >= 0.6 is 11.8 Å². The first-order valence-electron chi connectivity index (χ1n) is 13.7. The lowest BCUT2D eigenvalue weighted by Gasteiger charge is -2.37. The van der Waals surface area contributed by atoms with E-state index in [4.69, 9.17) is 15.9 Å². The molecule has 3 amide bonds. The van der Waals surface area contributed by atoms with Crippen LogP contribution in [0.25, 0.3) is 0 Å². The number of nitrogens with one attached hydrogen (secondary N) is 3. The van der Waals surface area contributed by atoms with E-state index in [-0.39, 0.29) is 30.8 Å². The second kappa shape index (κ2) is 13.9. The van der Waals surface area contributed by atoms with E-state index in [0.29, 0.717) is 24.6 Å². The van der Waals surface area contributed by atoms with Crippen molar-refractivity contribution in [1.29, 1.82) is 5.41 Å². The minimum atomic E-state index is -0.949. The van der Waals surface area contributed by atoms with Crippen molar-refractivity contribution in [2.75, 3.05) is 19.7 Å². The quantitative estimate of drug-likeness (QED) is 0.247. The average Bonchev–Trinajstić information content (AvgIpc) is 3.36. The summed E-state index contributed by atoms with van der Waals surface area (Å²) in [7, 11) is 0. The van der Waals surface area contributed by atoms with E-state index in [1.165, 1.54) is 24.2 Å². The molecule has 9 nitrogen and oxygen atoms in total. The van der Waals surface area contributed by atoms with Gasteiger partial charge < -0.3 is 26.0 Å². The van der Waals surface area contributed by atoms with Crippen LogP contribution in [-0.4, -0.2) is 65.2 Å². The number of alkyl carbamates (subject to hydrolysis) is 1. The Morgan fingerprint density at radius 2 is 1.87 bits per heavy atom. The minimum Gasteiger partial charge on any atom is -0.450 e. The number of hydrogen-bond donors (Lipinski definition) is 4. The highest BCUT2D eigenvalue weighted by molar-refractivity contribution is 7.99. The predicted molar refractivity (Wildman–Crippen MR) is 151 cm³/mol. The smallest absolute Gasteiger partial charge is 0.407 e. The number of ether oxygens (including phenoxy) is 1. The van der Waals surface area contributed by atoms with Crippen LogP contribution in [0.5, 0.6) is 0 Å². The zero-order valence-electron chi connectivity index (χ0n) is 22.8. The Bertz CT molecular complexity index is 967. The zero-order chi connectivity index (χ0) is 27.7. The van der Waals surface area contributed by atoms with Crippen molar-refractivity contribution in [2.24, 2.45) is 17.6 Å². The fraction of sp³-hybridized carbons (Fsp3) is 0.643. The van der Waals surface area contributed by atoms with E-state index < -0.39 is 28.8 Å². The summed E-state index contributed by atoms with van der Waals surface area (Å²) in [4.78, 5) is 41.4. The molecule has 1 heterocycles. The third-order valence-corrected chi connectivity index (χ3v) is 9.01. The van der Waals surface area contributed by atoms with Gasteiger partial charge in [0.1, 0.15) is 12.1 Å². The number of nitrogens with zero attached hydrogens (tertiary/aromatic N) is 1. The van der Waals surface area contributed by atoms with Crippen molar-refractivity contribution in [1.82, 2.24) is 15.5 Å². The molecule has 0 unspecified atom stereocenters. The van der Waals surface area contributed by atoms with Crippen LogP contribution in [0.1, 0.15) is 64.9 Å². The standard InChI is InChI=1S/C28H43N5O4S/c1-4-37-27(36)32-23(28(2,3)38-18-20-13-9-6-10-14-20)26(35)33-17-21(24(29)30)15-22(33)25(34)31-16-19-11-7-5-8-12-19/h6,9-10,13-14,19,21-23H,4-5,7-8,11-12,15-18H2,1-3H3,(H3,29,30)(H,31,34)(H,32,36)/t21-,22+,23+/m1/s1. The van der Waals surface area contributed by atoms with Crippen LogP contribution in [0.4, 0.5) is 4.79 Å². The van der Waals surface area contributed by atoms with E-state index in [2.05, 4.69) is 10.6 Å². The zero-order valence-corrected chi connectivity index (χ0v) is 23.6. The molecule has 2 fully saturated rings. The van der Waals surface area contributed by atoms with Crippen LogP contribution < -0.4 is 16.4 Å². The maximum absolute atomic E-state index is 14.1. The number of rotatable bonds is 11. The molecule has 0 radical (unpaired) electrons. The molecule has 3 rings (SSSR count). The Hall–Kier alpha value is -2.75. The molecule has 210 valence electrons. The molecule has 0 spiro atoms. The Morgan fingerprint density at radius 3 is 2.50 bits per heavy atom. The lowest BCUT2D eigenvalue weighted by molar-refractivity contribution is -0.140. The van der Waals surface area contributed by atoms with Gasteiger partial charge in [-0.05, 0) is 51.5 Å². The Balaban J connectivity index is 1.79. The molecule has 1 aromatic carbocycles. The van der Waals surface area contributed by atoms with Crippen molar-refractivity contribution in [3.63, 3.8) is 0 Å². The minimum absolute atomic E-state index is 0.0435. The summed E-state index contributed by atoms with van der Waals surface area (Å²) in [6, 6.07) is 8.21. The normalized spacial score (nSPS) is 21.0. The highest BCUT2D eigenvalue weighted by Gasteiger charge is 2.47. The van der Waals surface area contributed by atoms with Gasteiger partial charge in [-0.1, -0.05) is 49.6 Å². The van der Waals surface area contributed by atoms with Crippen molar-refractivity contribution >= 4 is 35.5 Å². The molecular formula is C28H43N5O4S. The maximum atomic E-state index is 14.1. The molecule has 0 aromatic heterocycles. The molecule has 1 saturated carbocycles. The first-order valence-corrected chi connectivity index (χ1v) is 14.6. The van der Waals surface area contributed by atoms with Gasteiger partial charge in [0, 0.05) is 29.5 Å². The molecule has 2 aliphatic rings. The molecule has 3 atom stereocenters. The number of benzene rings is 1. The number of thioether (sulfide) groups is 1. The average molecular weight is 546 g/mol. The van der Waals surface area contributed by atoms with Gasteiger partial charge in [0.25, 0.3) is 0 Å². The largest absolute Gasteiger partial charge is 0.450 e. The summed E-state index contributed by atoms with van der Waals surface area (Å²) in [5.74, 6) is 0.0466. The Labute approximate surface area is 230 Å². The predicted octanol–water partition coefficient (Wildman–Crippen LogP) is 3.66. The lowest BCUT2D eigenvalue weighted by atomic mass is 9.89. The summed E-state index contributed by atoms with van der Waals surface area (Å²) >= 11 is 1.55. The van der Waals surface area contributed by atoms with Crippen LogP contribution in [-0.2, 0) is 20.1 Å². The molecular weight excluding hydrogens is 502 g/mol. The lowest BCUT2D eigenvalue weighted by Crippen LogP contribution is -2.60. The van der Waals surface area contributed by atoms with Gasteiger partial charge in [-0.25, -0.2) is 4.79 Å². The van der Waals surface area contributed by atoms with Gasteiger partial charge >= 0.3 is 6.09 Å². The SMILES string of the molecule is CCOC(=O)N[C@@H](C(=O)N1C[C@H](C(=N)N)C[C@H]1C(=O)NCC1CCCCC1)C(C)(C)SCc1ccccc1. The van der Waals surface area contributed by atoms with Gasteiger partial charge in [0.2, 0.25) is 11.8 Å². The molecule has 0 bridgehead atoms. The molecule has 1 aromatic rings. The summed E-state index contributed by atoms with van der Waals surface area (Å²) in [5.41, 5.74) is 6.93. The number of nitrogens with two attached hydrogens (primary N) is 1. The highest BCUT2D eigenvalue weighted by Crippen LogP contribution is 2.34. The van der Waals surface area contributed by atoms with Gasteiger partial charge in [0.15, 0.2) is 0 Å². The summed E-state index contributed by atoms with van der Waals surface area (Å²) < 4.78 is 4.39. The summed E-state index contributed by atoms with van der Waals surface area (Å²) in [6.45, 7) is 6.45. The number of amides is 3. The van der Waals surface area contributed by atoms with E-state index in [1.54, 1.807) is 18.7 Å². The van der Waals surface area contributed by atoms with Crippen LogP contribution in [0, 0.1) is 17.2 Å². The van der Waals surface area contributed by atoms with Crippen LogP contribution in [0.2, 0.25) is 0 Å². The number of amidine groups is 1. The van der Waals surface area contributed by atoms with Crippen molar-refractivity contribution in [3.05, 3.63) is 35.9 Å². The van der Waals surface area contributed by atoms with Crippen LogP contribution in [0.15, 0.2) is 30.3 Å². The fourth-order valence-corrected chi connectivity index (χ4v) is 6.28. The summed E-state index contributed by atoms with van der Waals surface area (Å²) in [5, 5.41) is 13.8. The molecule has 38 heavy (non-hydrogen) atoms. The molecule has 1 aliphatic carbocycles. The molecule has 10 heteroatoms. The highest BCUT2D eigenvalue weighted by atomic mass is 32.2. The van der Waals surface area contributed by atoms with Crippen molar-refractivity contribution < 1.29 is 19.1 Å². The Kier molecular flexibility index (Phi) is 10.9. The molecule has 5 N–H and O–H groups in total. The van der Waals surface area contributed by atoms with E-state index in [1.807, 2.05) is 44.2 Å². The second-order valence-electron chi connectivity index (χ2n) is 10.8. The van der Waals surface area contributed by atoms with Gasteiger partial charge in [-0.3, -0.25) is 15.0 Å². The fourth-order valence-electron chi connectivity index (χ4n) is 5.22. The van der Waals surface area contributed by atoms with Crippen molar-refractivity contribution in [2.45, 2.75) is 81.9 Å². The van der Waals surface area contributed by atoms with Gasteiger partial charge in [-0.15, -0.1) is 11.8 Å². The van der Waals surface area contributed by atoms with Gasteiger partial charge in [0.05, 0.1) is 12.4 Å². The van der Waals surface area contributed by atoms with E-state index in [9.17, 15) is 14.4 Å². The number of carbonyl (C=O) groups is 3. The maximum Gasteiger partial charge on any atom is 0.407 e. The number of hydrogen-bond acceptors (Lipinski definition) is 6. The third-order valence-electron chi connectivity index (χ3n) is 7.55. The second-order valence-corrected chi connectivity index (χ2v) is 12.4. The number of carbonyl (C=O) groups excluding carboxylic acids is 3. The molecule has 1 aliphatic heterocycles. The van der Waals surface area contributed by atoms with Crippen LogP contribution in [0.3, 0.4) is 0 Å². The topological polar surface area (TPSA) is 138 Å². The van der Waals surface area contributed by atoms with E-state index in [0.717, 1.165) is 18.4 Å². The summed E-state index contributed by atoms with van der Waals surface area (Å²) in [6.07, 6.45) is 5.41. The third kappa shape index (κ3) is 8.12. The number of likely N-dealkylation sites (tertiary alicyclic amines) is 1. The van der Waals surface area contributed by atoms with E-state index >= 15 is 0 Å². The first-order chi connectivity index (χ1) is 18.1. The van der Waals surface area contributed by atoms with Crippen molar-refractivity contribution in [3.8, 4) is 0 Å². The Morgan fingerprint density at radius 1 is 1.18 bits per heavy atom. The first kappa shape index (κ1) is 29.8. The van der Waals surface area contributed by atoms with Gasteiger partial charge in [-0.2, -0.15) is 0 Å².